The highest BCUT2D eigenvalue weighted by molar-refractivity contribution is 5.78. The summed E-state index contributed by atoms with van der Waals surface area (Å²) in [6.45, 7) is 0. The van der Waals surface area contributed by atoms with Crippen LogP contribution in [0.4, 0.5) is 34.6 Å². The van der Waals surface area contributed by atoms with E-state index in [1.54, 1.807) is 37.2 Å². The Morgan fingerprint density at radius 1 is 0.438 bits per heavy atom. The zero-order valence-corrected chi connectivity index (χ0v) is 17.1. The Bertz CT molecular complexity index is 1090. The third-order valence-corrected chi connectivity index (χ3v) is 4.74. The molecule has 154 valence electrons. The SMILES string of the molecule is c1ccc(N(c2cncc(N(c3ccccn3)c3ccccn3)c2)c2ccccn2)nc1. The summed E-state index contributed by atoms with van der Waals surface area (Å²) in [7, 11) is 0. The minimum absolute atomic E-state index is 0.743. The molecule has 0 N–H and O–H groups in total. The van der Waals surface area contributed by atoms with Gasteiger partial charge >= 0.3 is 0 Å². The van der Waals surface area contributed by atoms with E-state index in [9.17, 15) is 0 Å². The van der Waals surface area contributed by atoms with E-state index in [-0.39, 0.29) is 0 Å². The molecule has 32 heavy (non-hydrogen) atoms. The maximum atomic E-state index is 4.54. The number of hydrogen-bond donors (Lipinski definition) is 0. The molecule has 0 aliphatic carbocycles. The molecular weight excluding hydrogens is 398 g/mol. The minimum Gasteiger partial charge on any atom is -0.277 e. The molecule has 5 aromatic heterocycles. The second-order valence-corrected chi connectivity index (χ2v) is 6.82. The fraction of sp³-hybridized carbons (Fsp3) is 0. The van der Waals surface area contributed by atoms with Crippen molar-refractivity contribution in [2.75, 3.05) is 9.80 Å². The molecule has 0 fully saturated rings. The maximum Gasteiger partial charge on any atom is 0.138 e. The van der Waals surface area contributed by atoms with Crippen molar-refractivity contribution in [3.63, 3.8) is 0 Å². The summed E-state index contributed by atoms with van der Waals surface area (Å²) < 4.78 is 0. The van der Waals surface area contributed by atoms with Gasteiger partial charge in [-0.05, 0) is 54.6 Å². The molecule has 5 heterocycles. The molecule has 0 amide bonds. The van der Waals surface area contributed by atoms with Crippen LogP contribution in [0, 0.1) is 0 Å². The van der Waals surface area contributed by atoms with Crippen LogP contribution in [0.3, 0.4) is 0 Å². The molecule has 0 aliphatic heterocycles. The van der Waals surface area contributed by atoms with Crippen molar-refractivity contribution in [1.82, 2.24) is 24.9 Å². The van der Waals surface area contributed by atoms with Crippen molar-refractivity contribution in [3.05, 3.63) is 116 Å². The van der Waals surface area contributed by atoms with Crippen LogP contribution >= 0.6 is 0 Å². The van der Waals surface area contributed by atoms with Crippen LogP contribution < -0.4 is 9.80 Å². The van der Waals surface area contributed by atoms with Gasteiger partial charge in [0.1, 0.15) is 23.3 Å². The molecule has 0 spiro atoms. The second kappa shape index (κ2) is 9.01. The van der Waals surface area contributed by atoms with E-state index >= 15 is 0 Å². The summed E-state index contributed by atoms with van der Waals surface area (Å²) in [5.41, 5.74) is 1.63. The van der Waals surface area contributed by atoms with Crippen molar-refractivity contribution in [2.45, 2.75) is 0 Å². The molecule has 0 aromatic carbocycles. The van der Waals surface area contributed by atoms with Crippen LogP contribution in [0.5, 0.6) is 0 Å². The maximum absolute atomic E-state index is 4.54. The van der Waals surface area contributed by atoms with E-state index in [1.165, 1.54) is 0 Å². The van der Waals surface area contributed by atoms with Gasteiger partial charge in [-0.2, -0.15) is 0 Å². The van der Waals surface area contributed by atoms with Crippen LogP contribution in [0.15, 0.2) is 116 Å². The average molecular weight is 417 g/mol. The number of anilines is 6. The van der Waals surface area contributed by atoms with Crippen molar-refractivity contribution in [2.24, 2.45) is 0 Å². The molecule has 0 atom stereocenters. The normalized spacial score (nSPS) is 10.5. The third kappa shape index (κ3) is 3.99. The lowest BCUT2D eigenvalue weighted by atomic mass is 10.2. The Morgan fingerprint density at radius 2 is 0.781 bits per heavy atom. The van der Waals surface area contributed by atoms with E-state index in [4.69, 9.17) is 0 Å². The first-order valence-corrected chi connectivity index (χ1v) is 10.1. The van der Waals surface area contributed by atoms with E-state index < -0.39 is 0 Å². The monoisotopic (exact) mass is 417 g/mol. The third-order valence-electron chi connectivity index (χ3n) is 4.74. The largest absolute Gasteiger partial charge is 0.277 e. The molecule has 0 saturated carbocycles. The molecule has 0 unspecified atom stereocenters. The van der Waals surface area contributed by atoms with Crippen molar-refractivity contribution >= 4 is 34.6 Å². The van der Waals surface area contributed by atoms with Crippen LogP contribution in [0.2, 0.25) is 0 Å². The minimum atomic E-state index is 0.743. The number of hydrogen-bond acceptors (Lipinski definition) is 7. The van der Waals surface area contributed by atoms with Crippen molar-refractivity contribution in [3.8, 4) is 0 Å². The van der Waals surface area contributed by atoms with Crippen LogP contribution in [-0.4, -0.2) is 24.9 Å². The Kier molecular flexibility index (Phi) is 5.44. The molecule has 0 bridgehead atoms. The van der Waals surface area contributed by atoms with Gasteiger partial charge in [-0.25, -0.2) is 19.9 Å². The van der Waals surface area contributed by atoms with Crippen LogP contribution in [0.1, 0.15) is 0 Å². The fourth-order valence-electron chi connectivity index (χ4n) is 3.37. The first kappa shape index (κ1) is 19.3. The van der Waals surface area contributed by atoms with Crippen LogP contribution in [0.25, 0.3) is 0 Å². The first-order chi connectivity index (χ1) is 15.9. The highest BCUT2D eigenvalue weighted by Crippen LogP contribution is 2.36. The molecule has 0 aliphatic rings. The Hall–Kier alpha value is -4.65. The highest BCUT2D eigenvalue weighted by atomic mass is 15.3. The van der Waals surface area contributed by atoms with Gasteiger partial charge < -0.3 is 0 Å². The standard InChI is InChI=1S/C25H19N7/c1-5-13-27-22(9-1)31(23-10-2-6-14-28-23)20-17-21(19-26-18-20)32(24-11-3-7-15-29-24)25-12-4-8-16-30-25/h1-19H. The Balaban J connectivity index is 1.65. The zero-order chi connectivity index (χ0) is 21.6. The van der Waals surface area contributed by atoms with Gasteiger partial charge in [-0.3, -0.25) is 14.8 Å². The predicted molar refractivity (Wildman–Crippen MR) is 125 cm³/mol. The summed E-state index contributed by atoms with van der Waals surface area (Å²) in [4.78, 5) is 26.6. The molecule has 5 aromatic rings. The molecule has 5 rings (SSSR count). The van der Waals surface area contributed by atoms with Crippen LogP contribution in [-0.2, 0) is 0 Å². The number of pyridine rings is 5. The topological polar surface area (TPSA) is 70.9 Å². The summed E-state index contributed by atoms with van der Waals surface area (Å²) >= 11 is 0. The molecular formula is C25H19N7. The molecule has 7 heteroatoms. The lowest BCUT2D eigenvalue weighted by Crippen LogP contribution is -2.16. The summed E-state index contributed by atoms with van der Waals surface area (Å²) in [6, 6.07) is 25.1. The number of nitrogens with zero attached hydrogens (tertiary/aromatic N) is 7. The molecule has 0 radical (unpaired) electrons. The van der Waals surface area contributed by atoms with E-state index in [0.717, 1.165) is 34.6 Å². The van der Waals surface area contributed by atoms with Crippen molar-refractivity contribution in [1.29, 1.82) is 0 Å². The smallest absolute Gasteiger partial charge is 0.138 e. The van der Waals surface area contributed by atoms with Crippen molar-refractivity contribution < 1.29 is 0 Å². The van der Waals surface area contributed by atoms with E-state index in [1.807, 2.05) is 88.7 Å². The molecule has 7 nitrogen and oxygen atoms in total. The second-order valence-electron chi connectivity index (χ2n) is 6.82. The molecule has 0 saturated heterocycles. The lowest BCUT2D eigenvalue weighted by Gasteiger charge is -2.26. The Labute approximate surface area is 185 Å². The quantitative estimate of drug-likeness (QED) is 0.356. The zero-order valence-electron chi connectivity index (χ0n) is 17.1. The highest BCUT2D eigenvalue weighted by Gasteiger charge is 2.19. The number of aromatic nitrogens is 5. The Morgan fingerprint density at radius 3 is 1.06 bits per heavy atom. The van der Waals surface area contributed by atoms with E-state index in [0.29, 0.717) is 0 Å². The van der Waals surface area contributed by atoms with Gasteiger partial charge in [0.25, 0.3) is 0 Å². The van der Waals surface area contributed by atoms with Gasteiger partial charge in [0.05, 0.1) is 23.8 Å². The average Bonchev–Trinajstić information content (AvgIpc) is 2.87. The predicted octanol–water partition coefficient (Wildman–Crippen LogP) is 5.60. The summed E-state index contributed by atoms with van der Waals surface area (Å²) in [5.74, 6) is 2.97. The summed E-state index contributed by atoms with van der Waals surface area (Å²) in [6.07, 6.45) is 10.6. The van der Waals surface area contributed by atoms with Gasteiger partial charge in [-0.1, -0.05) is 24.3 Å². The first-order valence-electron chi connectivity index (χ1n) is 10.1. The van der Waals surface area contributed by atoms with E-state index in [2.05, 4.69) is 24.9 Å². The van der Waals surface area contributed by atoms with Gasteiger partial charge in [0, 0.05) is 24.8 Å². The van der Waals surface area contributed by atoms with Gasteiger partial charge in [-0.15, -0.1) is 0 Å². The van der Waals surface area contributed by atoms with Gasteiger partial charge in [0.2, 0.25) is 0 Å². The fourth-order valence-corrected chi connectivity index (χ4v) is 3.37. The summed E-state index contributed by atoms with van der Waals surface area (Å²) in [5, 5.41) is 0. The van der Waals surface area contributed by atoms with Gasteiger partial charge in [0.15, 0.2) is 0 Å². The lowest BCUT2D eigenvalue weighted by molar-refractivity contribution is 1.09. The number of rotatable bonds is 6.